The molecule has 0 atom stereocenters. The van der Waals surface area contributed by atoms with E-state index in [0.29, 0.717) is 12.5 Å². The summed E-state index contributed by atoms with van der Waals surface area (Å²) in [6.45, 7) is 6.55. The van der Waals surface area contributed by atoms with E-state index in [1.54, 1.807) is 0 Å². The minimum Gasteiger partial charge on any atom is -0.473 e. The molecule has 0 amide bonds. The van der Waals surface area contributed by atoms with E-state index in [4.69, 9.17) is 4.74 Å². The first-order chi connectivity index (χ1) is 6.18. The highest BCUT2D eigenvalue weighted by Crippen LogP contribution is 2.05. The first-order valence-corrected chi connectivity index (χ1v) is 4.23. The van der Waals surface area contributed by atoms with Gasteiger partial charge < -0.3 is 4.74 Å². The van der Waals surface area contributed by atoms with E-state index < -0.39 is 0 Å². The van der Waals surface area contributed by atoms with Crippen LogP contribution in [0, 0.1) is 6.92 Å². The van der Waals surface area contributed by atoms with E-state index in [-0.39, 0.29) is 0 Å². The van der Waals surface area contributed by atoms with Crippen molar-refractivity contribution in [2.24, 2.45) is 0 Å². The Morgan fingerprint density at radius 1 is 1.46 bits per heavy atom. The highest BCUT2D eigenvalue weighted by atomic mass is 16.5. The molecular formula is C10H14N2O. The largest absolute Gasteiger partial charge is 0.473 e. The summed E-state index contributed by atoms with van der Waals surface area (Å²) in [6, 6.07) is 1.82. The average molecular weight is 178 g/mol. The van der Waals surface area contributed by atoms with Crippen LogP contribution in [0.4, 0.5) is 0 Å². The SMILES string of the molecule is CC(C)=CCOc1cc(C)ncn1. The van der Waals surface area contributed by atoms with E-state index in [0.717, 1.165) is 5.69 Å². The summed E-state index contributed by atoms with van der Waals surface area (Å²) in [5, 5.41) is 0. The predicted octanol–water partition coefficient (Wildman–Crippen LogP) is 2.13. The van der Waals surface area contributed by atoms with Gasteiger partial charge in [-0.1, -0.05) is 5.57 Å². The third-order valence-electron chi connectivity index (χ3n) is 1.50. The molecule has 0 saturated carbocycles. The number of hydrogen-bond acceptors (Lipinski definition) is 3. The number of ether oxygens (including phenoxy) is 1. The van der Waals surface area contributed by atoms with Crippen LogP contribution in [-0.4, -0.2) is 16.6 Å². The van der Waals surface area contributed by atoms with Crippen LogP contribution in [0.25, 0.3) is 0 Å². The van der Waals surface area contributed by atoms with Crippen LogP contribution < -0.4 is 4.74 Å². The summed E-state index contributed by atoms with van der Waals surface area (Å²) in [5.74, 6) is 0.630. The number of nitrogens with zero attached hydrogens (tertiary/aromatic N) is 2. The lowest BCUT2D eigenvalue weighted by Crippen LogP contribution is -1.97. The second kappa shape index (κ2) is 4.60. The summed E-state index contributed by atoms with van der Waals surface area (Å²) < 4.78 is 5.37. The van der Waals surface area contributed by atoms with Gasteiger partial charge in [0.1, 0.15) is 12.9 Å². The summed E-state index contributed by atoms with van der Waals surface area (Å²) in [4.78, 5) is 7.95. The fourth-order valence-corrected chi connectivity index (χ4v) is 0.803. The predicted molar refractivity (Wildman–Crippen MR) is 51.7 cm³/mol. The molecule has 0 saturated heterocycles. The van der Waals surface area contributed by atoms with Crippen molar-refractivity contribution < 1.29 is 4.74 Å². The third kappa shape index (κ3) is 3.69. The molecule has 1 heterocycles. The first-order valence-electron chi connectivity index (χ1n) is 4.23. The van der Waals surface area contributed by atoms with Crippen LogP contribution in [0.1, 0.15) is 19.5 Å². The molecule has 0 aliphatic rings. The molecule has 1 rings (SSSR count). The van der Waals surface area contributed by atoms with Crippen LogP contribution in [0.3, 0.4) is 0 Å². The van der Waals surface area contributed by atoms with Crippen LogP contribution in [-0.2, 0) is 0 Å². The van der Waals surface area contributed by atoms with Gasteiger partial charge in [0.2, 0.25) is 5.88 Å². The molecule has 3 nitrogen and oxygen atoms in total. The summed E-state index contributed by atoms with van der Waals surface area (Å²) in [7, 11) is 0. The zero-order valence-corrected chi connectivity index (χ0v) is 8.24. The maximum atomic E-state index is 5.37. The lowest BCUT2D eigenvalue weighted by Gasteiger charge is -2.01. The molecule has 0 fully saturated rings. The first kappa shape index (κ1) is 9.71. The molecule has 0 N–H and O–H groups in total. The van der Waals surface area contributed by atoms with Crippen molar-refractivity contribution in [2.75, 3.05) is 6.61 Å². The standard InChI is InChI=1S/C10H14N2O/c1-8(2)4-5-13-10-6-9(3)11-7-12-10/h4,6-7H,5H2,1-3H3. The maximum Gasteiger partial charge on any atom is 0.216 e. The minimum atomic E-state index is 0.568. The molecule has 70 valence electrons. The molecular weight excluding hydrogens is 164 g/mol. The molecule has 3 heteroatoms. The lowest BCUT2D eigenvalue weighted by atomic mass is 10.3. The third-order valence-corrected chi connectivity index (χ3v) is 1.50. The Morgan fingerprint density at radius 3 is 2.85 bits per heavy atom. The highest BCUT2D eigenvalue weighted by molar-refractivity contribution is 5.12. The summed E-state index contributed by atoms with van der Waals surface area (Å²) >= 11 is 0. The quantitative estimate of drug-likeness (QED) is 0.665. The smallest absolute Gasteiger partial charge is 0.216 e. The van der Waals surface area contributed by atoms with Gasteiger partial charge >= 0.3 is 0 Å². The molecule has 0 radical (unpaired) electrons. The number of aromatic nitrogens is 2. The zero-order valence-electron chi connectivity index (χ0n) is 8.24. The van der Waals surface area contributed by atoms with Gasteiger partial charge in [-0.3, -0.25) is 0 Å². The summed E-state index contributed by atoms with van der Waals surface area (Å²) in [5.41, 5.74) is 2.16. The Morgan fingerprint density at radius 2 is 2.23 bits per heavy atom. The molecule has 1 aromatic rings. The van der Waals surface area contributed by atoms with Crippen LogP contribution in [0.5, 0.6) is 5.88 Å². The fraction of sp³-hybridized carbons (Fsp3) is 0.400. The molecule has 0 aliphatic carbocycles. The molecule has 0 bridgehead atoms. The zero-order chi connectivity index (χ0) is 9.68. The van der Waals surface area contributed by atoms with Crippen molar-refractivity contribution >= 4 is 0 Å². The monoisotopic (exact) mass is 178 g/mol. The van der Waals surface area contributed by atoms with Gasteiger partial charge in [0.05, 0.1) is 0 Å². The minimum absolute atomic E-state index is 0.568. The number of aryl methyl sites for hydroxylation is 1. The van der Waals surface area contributed by atoms with Crippen LogP contribution in [0.15, 0.2) is 24.0 Å². The van der Waals surface area contributed by atoms with Crippen LogP contribution >= 0.6 is 0 Å². The van der Waals surface area contributed by atoms with Crippen LogP contribution in [0.2, 0.25) is 0 Å². The Balaban J connectivity index is 2.50. The van der Waals surface area contributed by atoms with Gasteiger partial charge in [0.25, 0.3) is 0 Å². The van der Waals surface area contributed by atoms with E-state index in [1.165, 1.54) is 11.9 Å². The molecule has 1 aromatic heterocycles. The van der Waals surface area contributed by atoms with Gasteiger partial charge in [-0.25, -0.2) is 9.97 Å². The Bertz CT molecular complexity index is 304. The molecule has 0 aromatic carbocycles. The Labute approximate surface area is 78.5 Å². The van der Waals surface area contributed by atoms with Crippen molar-refractivity contribution in [3.8, 4) is 5.88 Å². The lowest BCUT2D eigenvalue weighted by molar-refractivity contribution is 0.346. The molecule has 0 spiro atoms. The van der Waals surface area contributed by atoms with Crippen molar-refractivity contribution in [1.82, 2.24) is 9.97 Å². The van der Waals surface area contributed by atoms with Crippen molar-refractivity contribution in [3.63, 3.8) is 0 Å². The van der Waals surface area contributed by atoms with E-state index >= 15 is 0 Å². The normalized spacial score (nSPS) is 9.46. The molecule has 0 aliphatic heterocycles. The number of hydrogen-bond donors (Lipinski definition) is 0. The van der Waals surface area contributed by atoms with Gasteiger partial charge in [-0.05, 0) is 26.8 Å². The van der Waals surface area contributed by atoms with E-state index in [1.807, 2.05) is 32.9 Å². The van der Waals surface area contributed by atoms with E-state index in [9.17, 15) is 0 Å². The number of rotatable bonds is 3. The fourth-order valence-electron chi connectivity index (χ4n) is 0.803. The highest BCUT2D eigenvalue weighted by Gasteiger charge is 1.93. The van der Waals surface area contributed by atoms with Crippen molar-refractivity contribution in [1.29, 1.82) is 0 Å². The summed E-state index contributed by atoms with van der Waals surface area (Å²) in [6.07, 6.45) is 3.52. The molecule has 0 unspecified atom stereocenters. The van der Waals surface area contributed by atoms with E-state index in [2.05, 4.69) is 9.97 Å². The van der Waals surface area contributed by atoms with Gasteiger partial charge in [0, 0.05) is 11.8 Å². The van der Waals surface area contributed by atoms with Crippen molar-refractivity contribution in [3.05, 3.63) is 29.7 Å². The topological polar surface area (TPSA) is 35.0 Å². The Hall–Kier alpha value is -1.38. The van der Waals surface area contributed by atoms with Crippen molar-refractivity contribution in [2.45, 2.75) is 20.8 Å². The molecule has 13 heavy (non-hydrogen) atoms. The van der Waals surface area contributed by atoms with Gasteiger partial charge in [-0.2, -0.15) is 0 Å². The average Bonchev–Trinajstić information content (AvgIpc) is 2.03. The number of allylic oxidation sites excluding steroid dienone is 1. The Kier molecular flexibility index (Phi) is 3.43. The second-order valence-corrected chi connectivity index (χ2v) is 3.09. The van der Waals surface area contributed by atoms with Gasteiger partial charge in [-0.15, -0.1) is 0 Å². The maximum absolute atomic E-state index is 5.37. The second-order valence-electron chi connectivity index (χ2n) is 3.09. The van der Waals surface area contributed by atoms with Gasteiger partial charge in [0.15, 0.2) is 0 Å².